The second kappa shape index (κ2) is 16.1. The second-order valence-electron chi connectivity index (χ2n) is 26.0. The van der Waals surface area contributed by atoms with Crippen molar-refractivity contribution >= 4 is 68.1 Å². The molecule has 4 heterocycles. The summed E-state index contributed by atoms with van der Waals surface area (Å²) in [6, 6.07) is 68.2. The molecule has 0 amide bonds. The number of aromatic nitrogens is 1. The number of fused-ring (bicyclic) bond motifs is 11. The van der Waals surface area contributed by atoms with Gasteiger partial charge in [0, 0.05) is 55.5 Å². The Balaban J connectivity index is 1.19. The number of hydrogen-bond donors (Lipinski definition) is 0. The average Bonchev–Trinajstić information content (AvgIpc) is 2.18. The van der Waals surface area contributed by atoms with E-state index >= 15 is 0 Å². The first-order chi connectivity index (χ1) is 37.6. The van der Waals surface area contributed by atoms with Crippen LogP contribution in [0.2, 0.25) is 0 Å². The summed E-state index contributed by atoms with van der Waals surface area (Å²) in [4.78, 5) is 4.91. The summed E-state index contributed by atoms with van der Waals surface area (Å²) in [7, 11) is 0. The summed E-state index contributed by atoms with van der Waals surface area (Å²) in [5, 5.41) is 1.15. The first-order valence-electron chi connectivity index (χ1n) is 28.8. The number of para-hydroxylation sites is 3. The molecular formula is C73H68BN3. The normalized spacial score (nSPS) is 15.8. The van der Waals surface area contributed by atoms with Gasteiger partial charge in [0.1, 0.15) is 0 Å². The Labute approximate surface area is 459 Å². The van der Waals surface area contributed by atoms with E-state index in [0.717, 1.165) is 72.8 Å². The highest BCUT2D eigenvalue weighted by Crippen LogP contribution is 2.58. The molecule has 0 fully saturated rings. The third kappa shape index (κ3) is 6.70. The third-order valence-electron chi connectivity index (χ3n) is 18.3. The minimum absolute atomic E-state index is 0.105. The molecule has 0 atom stereocenters. The van der Waals surface area contributed by atoms with E-state index in [2.05, 4.69) is 279 Å². The molecule has 3 nitrogen and oxygen atoms in total. The Hall–Kier alpha value is -7.82. The first kappa shape index (κ1) is 45.4. The highest BCUT2D eigenvalue weighted by molar-refractivity contribution is 7.00. The quantitative estimate of drug-likeness (QED) is 0.159. The van der Waals surface area contributed by atoms with Crippen molar-refractivity contribution in [3.63, 3.8) is 0 Å². The van der Waals surface area contributed by atoms with Gasteiger partial charge in [-0.1, -0.05) is 229 Å². The third-order valence-corrected chi connectivity index (χ3v) is 18.3. The smallest absolute Gasteiger partial charge is 0.252 e. The van der Waals surface area contributed by atoms with E-state index in [1.165, 1.54) is 55.5 Å². The molecule has 0 unspecified atom stereocenters. The molecule has 0 saturated carbocycles. The molecule has 77 heavy (non-hydrogen) atoms. The lowest BCUT2D eigenvalue weighted by molar-refractivity contribution is 0.589. The molecule has 1 aliphatic carbocycles. The maximum atomic E-state index is 11.5. The molecule has 0 radical (unpaired) electrons. The van der Waals surface area contributed by atoms with E-state index in [9.17, 15) is 2.74 Å². The Morgan fingerprint density at radius 2 is 1.05 bits per heavy atom. The van der Waals surface area contributed by atoms with E-state index in [1.54, 1.807) is 0 Å². The standard InChI is InChI=1S/C73H68BN3/c1-69(2,3)47-34-37-54-53(41-47)67-65(73(54,11)12)51-28-19-21-32-59(51)75(67)50-43-63-66-64(44-50)77-61-33-22-20-29-55(61)72(9,10)56-30-23-31-58(68(56)77)74(66)57-38-35-49(71(7,8)46-26-17-14-18-27-46)42-62(57)76(63)60-39-36-48(70(4,5)6)40-52(60)45-24-15-13-16-25-45/h13-44H,1-12H3/i43D,44D. The molecule has 378 valence electrons. The molecule has 0 bridgehead atoms. The lowest BCUT2D eigenvalue weighted by Crippen LogP contribution is -2.62. The van der Waals surface area contributed by atoms with Gasteiger partial charge >= 0.3 is 0 Å². The minimum Gasteiger partial charge on any atom is -0.311 e. The highest BCUT2D eigenvalue weighted by atomic mass is 15.2. The highest BCUT2D eigenvalue weighted by Gasteiger charge is 2.50. The van der Waals surface area contributed by atoms with Crippen LogP contribution in [0.3, 0.4) is 0 Å². The molecule has 9 aromatic carbocycles. The molecule has 4 aliphatic rings. The zero-order valence-electron chi connectivity index (χ0n) is 48.7. The van der Waals surface area contributed by atoms with Crippen molar-refractivity contribution in [2.45, 2.75) is 110 Å². The molecule has 0 spiro atoms. The van der Waals surface area contributed by atoms with Crippen LogP contribution in [0.15, 0.2) is 194 Å². The van der Waals surface area contributed by atoms with E-state index < -0.39 is 0 Å². The fourth-order valence-electron chi connectivity index (χ4n) is 14.0. The largest absolute Gasteiger partial charge is 0.311 e. The molecule has 10 aromatic rings. The van der Waals surface area contributed by atoms with Gasteiger partial charge in [-0.05, 0) is 126 Å². The van der Waals surface area contributed by atoms with Crippen molar-refractivity contribution in [1.29, 1.82) is 0 Å². The lowest BCUT2D eigenvalue weighted by Gasteiger charge is -2.50. The van der Waals surface area contributed by atoms with Gasteiger partial charge in [-0.2, -0.15) is 0 Å². The van der Waals surface area contributed by atoms with E-state index in [1.807, 2.05) is 0 Å². The first-order valence-corrected chi connectivity index (χ1v) is 27.8. The van der Waals surface area contributed by atoms with Crippen molar-refractivity contribution < 1.29 is 2.74 Å². The Morgan fingerprint density at radius 3 is 1.78 bits per heavy atom. The van der Waals surface area contributed by atoms with Gasteiger partial charge < -0.3 is 14.4 Å². The molecule has 14 rings (SSSR count). The van der Waals surface area contributed by atoms with Crippen LogP contribution in [-0.4, -0.2) is 11.3 Å². The van der Waals surface area contributed by atoms with Crippen molar-refractivity contribution in [1.82, 2.24) is 4.57 Å². The Kier molecular flexibility index (Phi) is 9.50. The van der Waals surface area contributed by atoms with Gasteiger partial charge in [0.2, 0.25) is 0 Å². The monoisotopic (exact) mass is 1000 g/mol. The summed E-state index contributed by atoms with van der Waals surface area (Å²) in [6.45, 7) is 27.6. The van der Waals surface area contributed by atoms with Crippen molar-refractivity contribution in [2.75, 3.05) is 9.80 Å². The van der Waals surface area contributed by atoms with Crippen LogP contribution in [0.25, 0.3) is 39.0 Å². The lowest BCUT2D eigenvalue weighted by atomic mass is 9.33. The number of rotatable bonds is 5. The van der Waals surface area contributed by atoms with Crippen LogP contribution in [0, 0.1) is 0 Å². The number of hydrogen-bond acceptors (Lipinski definition) is 2. The predicted molar refractivity (Wildman–Crippen MR) is 328 cm³/mol. The Morgan fingerprint density at radius 1 is 0.442 bits per heavy atom. The van der Waals surface area contributed by atoms with Crippen LogP contribution in [0.5, 0.6) is 0 Å². The van der Waals surface area contributed by atoms with Gasteiger partial charge in [0.25, 0.3) is 6.71 Å². The van der Waals surface area contributed by atoms with Gasteiger partial charge in [0.05, 0.1) is 31.0 Å². The van der Waals surface area contributed by atoms with Crippen molar-refractivity contribution in [3.8, 4) is 28.1 Å². The zero-order valence-corrected chi connectivity index (χ0v) is 46.7. The number of nitrogens with zero attached hydrogens (tertiary/aromatic N) is 3. The summed E-state index contributed by atoms with van der Waals surface area (Å²) >= 11 is 0. The SMILES string of the molecule is [2H]c1c2c3c(c([2H])c1-n1c4c(c5ccccc51)C(C)(C)c1ccc(C(C)(C)C)cc1-4)N1c4ccccc4C(C)(C)c4cccc(c41)B3c1ccc(C(C)(C)c3ccccc3)cc1N2c1ccc(C(C)(C)C)cc1-c1ccccc1. The van der Waals surface area contributed by atoms with E-state index in [4.69, 9.17) is 0 Å². The van der Waals surface area contributed by atoms with Crippen molar-refractivity contribution in [3.05, 3.63) is 239 Å². The van der Waals surface area contributed by atoms with Crippen LogP contribution < -0.4 is 26.2 Å². The average molecular weight is 1000 g/mol. The fourth-order valence-corrected chi connectivity index (χ4v) is 14.0. The maximum absolute atomic E-state index is 11.5. The number of benzene rings is 9. The zero-order chi connectivity index (χ0) is 55.0. The van der Waals surface area contributed by atoms with Gasteiger partial charge in [0.15, 0.2) is 0 Å². The van der Waals surface area contributed by atoms with Crippen molar-refractivity contribution in [2.24, 2.45) is 0 Å². The van der Waals surface area contributed by atoms with Gasteiger partial charge in [-0.3, -0.25) is 0 Å². The summed E-state index contributed by atoms with van der Waals surface area (Å²) in [6.07, 6.45) is 0. The fraction of sp³-hybridized carbons (Fsp3) is 0.233. The summed E-state index contributed by atoms with van der Waals surface area (Å²) in [5.41, 5.74) is 23.8. The summed E-state index contributed by atoms with van der Waals surface area (Å²) in [5.74, 6) is 0. The van der Waals surface area contributed by atoms with Gasteiger partial charge in [-0.25, -0.2) is 0 Å². The molecule has 0 saturated heterocycles. The van der Waals surface area contributed by atoms with E-state index in [-0.39, 0.29) is 33.8 Å². The molecule has 4 heteroatoms. The number of anilines is 6. The van der Waals surface area contributed by atoms with Crippen LogP contribution in [0.4, 0.5) is 34.1 Å². The Bertz CT molecular complexity index is 4220. The molecule has 3 aliphatic heterocycles. The molecular weight excluding hydrogens is 930 g/mol. The maximum Gasteiger partial charge on any atom is 0.252 e. The second-order valence-corrected chi connectivity index (χ2v) is 26.0. The van der Waals surface area contributed by atoms with Crippen LogP contribution >= 0.6 is 0 Å². The van der Waals surface area contributed by atoms with E-state index in [0.29, 0.717) is 17.8 Å². The van der Waals surface area contributed by atoms with Crippen LogP contribution in [-0.2, 0) is 27.1 Å². The predicted octanol–water partition coefficient (Wildman–Crippen LogP) is 17.2. The summed E-state index contributed by atoms with van der Waals surface area (Å²) < 4.78 is 25.2. The minimum atomic E-state index is -0.370. The molecule has 1 aromatic heterocycles. The van der Waals surface area contributed by atoms with Gasteiger partial charge in [-0.15, -0.1) is 0 Å². The van der Waals surface area contributed by atoms with Crippen LogP contribution in [0.1, 0.15) is 130 Å². The topological polar surface area (TPSA) is 11.4 Å². The molecule has 0 N–H and O–H groups in total.